The standard InChI is InChI=1S/C24H27ClFN3O6.ClH/c1-12(2)35-15-5-13(18(26)17(25)6-15)8-27-22(32)16-9-29-19(21(31)20(16)30)23(33)28(3)11-24(29)7-14(24)10-34-4;/h5-6,9,12,14,31H,7-8,10-11H2,1-4H3,(H,27,32);1H/t14-,24-;/m1./s1. The van der Waals surface area contributed by atoms with Crippen LogP contribution in [0.15, 0.2) is 23.1 Å². The molecule has 1 saturated carbocycles. The summed E-state index contributed by atoms with van der Waals surface area (Å²) in [6.45, 7) is 4.11. The SMILES string of the molecule is COC[C@H]1C[C@@]12CN(C)C(=O)c1c(O)c(=O)c(C(=O)NCc3cc(OC(C)C)cc(Cl)c3F)cn12.Cl. The van der Waals surface area contributed by atoms with Crippen LogP contribution in [0, 0.1) is 11.7 Å². The van der Waals surface area contributed by atoms with Crippen molar-refractivity contribution in [3.05, 3.63) is 56.2 Å². The number of ether oxygens (including phenoxy) is 2. The molecule has 1 aliphatic heterocycles. The van der Waals surface area contributed by atoms with Gasteiger partial charge in [-0.05, 0) is 26.3 Å². The zero-order valence-corrected chi connectivity index (χ0v) is 21.8. The van der Waals surface area contributed by atoms with Gasteiger partial charge in [0.25, 0.3) is 11.8 Å². The maximum Gasteiger partial charge on any atom is 0.274 e. The molecule has 1 aromatic heterocycles. The monoisotopic (exact) mass is 543 g/mol. The Labute approximate surface area is 218 Å². The number of nitrogens with one attached hydrogen (secondary N) is 1. The van der Waals surface area contributed by atoms with Crippen LogP contribution in [-0.2, 0) is 16.8 Å². The Kier molecular flexibility index (Phi) is 7.92. The normalized spacial score (nSPS) is 20.2. The van der Waals surface area contributed by atoms with Crippen molar-refractivity contribution in [2.45, 2.75) is 38.5 Å². The van der Waals surface area contributed by atoms with E-state index >= 15 is 0 Å². The zero-order chi connectivity index (χ0) is 25.7. The van der Waals surface area contributed by atoms with Gasteiger partial charge in [0.15, 0.2) is 11.4 Å². The first kappa shape index (κ1) is 27.8. The smallest absolute Gasteiger partial charge is 0.274 e. The molecule has 36 heavy (non-hydrogen) atoms. The summed E-state index contributed by atoms with van der Waals surface area (Å²) in [5.74, 6) is -2.47. The Morgan fingerprint density at radius 2 is 2.06 bits per heavy atom. The Balaban J connectivity index is 0.00000361. The minimum Gasteiger partial charge on any atom is -0.503 e. The highest BCUT2D eigenvalue weighted by Gasteiger charge is 2.60. The van der Waals surface area contributed by atoms with Gasteiger partial charge in [0.1, 0.15) is 17.1 Å². The first-order valence-corrected chi connectivity index (χ1v) is 11.5. The molecule has 9 nitrogen and oxygen atoms in total. The Morgan fingerprint density at radius 1 is 1.36 bits per heavy atom. The van der Waals surface area contributed by atoms with Crippen molar-refractivity contribution < 1.29 is 28.6 Å². The summed E-state index contributed by atoms with van der Waals surface area (Å²) in [4.78, 5) is 40.0. The van der Waals surface area contributed by atoms with Gasteiger partial charge >= 0.3 is 0 Å². The Bertz CT molecular complexity index is 1270. The molecule has 0 bridgehead atoms. The van der Waals surface area contributed by atoms with Crippen LogP contribution in [0.3, 0.4) is 0 Å². The third-order valence-electron chi connectivity index (χ3n) is 6.42. The number of pyridine rings is 1. The molecule has 0 saturated heterocycles. The fourth-order valence-corrected chi connectivity index (χ4v) is 4.92. The van der Waals surface area contributed by atoms with Gasteiger partial charge in [-0.15, -0.1) is 12.4 Å². The van der Waals surface area contributed by atoms with E-state index in [2.05, 4.69) is 5.32 Å². The van der Waals surface area contributed by atoms with E-state index in [1.165, 1.54) is 27.8 Å². The molecule has 0 unspecified atom stereocenters. The Morgan fingerprint density at radius 3 is 2.69 bits per heavy atom. The molecule has 1 spiro atoms. The van der Waals surface area contributed by atoms with Crippen LogP contribution in [0.25, 0.3) is 0 Å². The van der Waals surface area contributed by atoms with Crippen LogP contribution < -0.4 is 15.5 Å². The molecule has 2 aliphatic rings. The van der Waals surface area contributed by atoms with Crippen molar-refractivity contribution in [1.82, 2.24) is 14.8 Å². The number of nitrogens with zero attached hydrogens (tertiary/aromatic N) is 2. The van der Waals surface area contributed by atoms with Crippen molar-refractivity contribution in [2.75, 3.05) is 27.3 Å². The number of aromatic nitrogens is 1. The lowest BCUT2D eigenvalue weighted by Gasteiger charge is -2.35. The lowest BCUT2D eigenvalue weighted by molar-refractivity contribution is 0.0664. The molecular weight excluding hydrogens is 516 g/mol. The van der Waals surface area contributed by atoms with E-state index in [0.29, 0.717) is 25.3 Å². The van der Waals surface area contributed by atoms with E-state index < -0.39 is 34.3 Å². The highest BCUT2D eigenvalue weighted by molar-refractivity contribution is 6.31. The highest BCUT2D eigenvalue weighted by Crippen LogP contribution is 2.53. The first-order chi connectivity index (χ1) is 16.5. The second-order valence-corrected chi connectivity index (χ2v) is 9.69. The maximum absolute atomic E-state index is 14.5. The molecular formula is C24H28Cl2FN3O6. The third kappa shape index (κ3) is 4.77. The van der Waals surface area contributed by atoms with Gasteiger partial charge in [0, 0.05) is 51.0 Å². The number of rotatable bonds is 7. The number of benzene rings is 1. The summed E-state index contributed by atoms with van der Waals surface area (Å²) in [5, 5.41) is 13.0. The number of hydrogen-bond donors (Lipinski definition) is 2. The fraction of sp³-hybridized carbons (Fsp3) is 0.458. The van der Waals surface area contributed by atoms with Gasteiger partial charge in [0.05, 0.1) is 23.3 Å². The van der Waals surface area contributed by atoms with Gasteiger partial charge in [-0.2, -0.15) is 0 Å². The number of methoxy groups -OCH3 is 1. The Hall–Kier alpha value is -2.82. The molecule has 0 radical (unpaired) electrons. The molecule has 12 heteroatoms. The fourth-order valence-electron chi connectivity index (χ4n) is 4.69. The van der Waals surface area contributed by atoms with E-state index in [9.17, 15) is 23.9 Å². The lowest BCUT2D eigenvalue weighted by atomic mass is 10.0. The molecule has 1 aromatic carbocycles. The van der Waals surface area contributed by atoms with E-state index in [4.69, 9.17) is 21.1 Å². The molecule has 4 rings (SSSR count). The van der Waals surface area contributed by atoms with E-state index in [1.807, 2.05) is 0 Å². The molecule has 2 N–H and O–H groups in total. The zero-order valence-electron chi connectivity index (χ0n) is 20.3. The highest BCUT2D eigenvalue weighted by atomic mass is 35.5. The van der Waals surface area contributed by atoms with Crippen LogP contribution in [0.4, 0.5) is 4.39 Å². The van der Waals surface area contributed by atoms with Crippen molar-refractivity contribution in [2.24, 2.45) is 5.92 Å². The second-order valence-electron chi connectivity index (χ2n) is 9.29. The van der Waals surface area contributed by atoms with Crippen molar-refractivity contribution in [1.29, 1.82) is 0 Å². The summed E-state index contributed by atoms with van der Waals surface area (Å²) in [6, 6.07) is 2.76. The maximum atomic E-state index is 14.5. The number of carbonyl (C=O) groups is 2. The molecule has 1 fully saturated rings. The van der Waals surface area contributed by atoms with Gasteiger partial charge in [0.2, 0.25) is 5.43 Å². The second kappa shape index (κ2) is 10.3. The van der Waals surface area contributed by atoms with Crippen LogP contribution in [-0.4, -0.2) is 59.8 Å². The average Bonchev–Trinajstić information content (AvgIpc) is 3.47. The number of likely N-dealkylation sites (N-methyl/N-ethyl adjacent to an activating group) is 1. The topological polar surface area (TPSA) is 110 Å². The summed E-state index contributed by atoms with van der Waals surface area (Å²) in [6.07, 6.45) is 1.78. The predicted molar refractivity (Wildman–Crippen MR) is 133 cm³/mol. The molecule has 196 valence electrons. The number of carbonyl (C=O) groups excluding carboxylic acids is 2. The van der Waals surface area contributed by atoms with Gasteiger partial charge < -0.3 is 29.4 Å². The van der Waals surface area contributed by atoms with Gasteiger partial charge in [-0.1, -0.05) is 11.6 Å². The minimum atomic E-state index is -0.980. The number of halogens is 3. The number of fused-ring (bicyclic) bond motifs is 2. The van der Waals surface area contributed by atoms with Crippen molar-refractivity contribution >= 4 is 35.8 Å². The van der Waals surface area contributed by atoms with E-state index in [0.717, 1.165) is 0 Å². The summed E-state index contributed by atoms with van der Waals surface area (Å²) < 4.78 is 26.9. The molecule has 2 aromatic rings. The van der Waals surface area contributed by atoms with Crippen molar-refractivity contribution in [3.8, 4) is 11.5 Å². The van der Waals surface area contributed by atoms with Crippen LogP contribution >= 0.6 is 24.0 Å². The van der Waals surface area contributed by atoms with Crippen LogP contribution in [0.2, 0.25) is 5.02 Å². The summed E-state index contributed by atoms with van der Waals surface area (Å²) in [5.41, 5.74) is -2.01. The van der Waals surface area contributed by atoms with E-state index in [-0.39, 0.29) is 52.8 Å². The lowest BCUT2D eigenvalue weighted by Crippen LogP contribution is -2.48. The molecule has 2 amide bonds. The first-order valence-electron chi connectivity index (χ1n) is 11.2. The molecule has 2 heterocycles. The van der Waals surface area contributed by atoms with Gasteiger partial charge in [-0.25, -0.2) is 4.39 Å². The van der Waals surface area contributed by atoms with Gasteiger partial charge in [-0.3, -0.25) is 14.4 Å². The number of amides is 2. The predicted octanol–water partition coefficient (Wildman–Crippen LogP) is 2.93. The summed E-state index contributed by atoms with van der Waals surface area (Å²) >= 11 is 5.96. The molecule has 2 atom stereocenters. The average molecular weight is 544 g/mol. The largest absolute Gasteiger partial charge is 0.503 e. The van der Waals surface area contributed by atoms with E-state index in [1.54, 1.807) is 28.0 Å². The number of hydrogen-bond acceptors (Lipinski definition) is 6. The van der Waals surface area contributed by atoms with Crippen molar-refractivity contribution in [3.63, 3.8) is 0 Å². The van der Waals surface area contributed by atoms with Crippen LogP contribution in [0.5, 0.6) is 11.5 Å². The van der Waals surface area contributed by atoms with Crippen LogP contribution in [0.1, 0.15) is 46.7 Å². The number of aromatic hydroxyl groups is 1. The summed E-state index contributed by atoms with van der Waals surface area (Å²) in [7, 11) is 3.16. The quantitative estimate of drug-likeness (QED) is 0.555. The molecule has 1 aliphatic carbocycles. The third-order valence-corrected chi connectivity index (χ3v) is 6.70. The minimum absolute atomic E-state index is 0.